The largest absolute Gasteiger partial charge is 0.480 e. The first-order chi connectivity index (χ1) is 8.68. The third-order valence-electron chi connectivity index (χ3n) is 2.79. The number of morpholine rings is 1. The minimum absolute atomic E-state index is 0.0449. The zero-order chi connectivity index (χ0) is 13.0. The fourth-order valence-electron chi connectivity index (χ4n) is 1.87. The molecule has 1 saturated heterocycles. The average molecular weight is 250 g/mol. The highest BCUT2D eigenvalue weighted by Crippen LogP contribution is 2.10. The van der Waals surface area contributed by atoms with E-state index in [0.29, 0.717) is 18.8 Å². The molecule has 0 aliphatic carbocycles. The fraction of sp³-hybridized carbons (Fsp3) is 0.417. The second-order valence-electron chi connectivity index (χ2n) is 4.01. The van der Waals surface area contributed by atoms with Crippen molar-refractivity contribution in [2.75, 3.05) is 19.8 Å². The number of ether oxygens (including phenoxy) is 1. The van der Waals surface area contributed by atoms with Crippen LogP contribution in [0.4, 0.5) is 0 Å². The predicted molar refractivity (Wildman–Crippen MR) is 61.9 cm³/mol. The van der Waals surface area contributed by atoms with Gasteiger partial charge in [-0.2, -0.15) is 0 Å². The minimum Gasteiger partial charge on any atom is -0.480 e. The SMILES string of the molecule is O=C(O)C1COCCN1C(=O)Cc1ccccn1. The molecule has 0 spiro atoms. The highest BCUT2D eigenvalue weighted by Gasteiger charge is 2.32. The molecule has 1 aromatic rings. The normalized spacial score (nSPS) is 19.6. The number of carbonyl (C=O) groups excluding carboxylic acids is 1. The topological polar surface area (TPSA) is 79.7 Å². The van der Waals surface area contributed by atoms with Gasteiger partial charge in [-0.3, -0.25) is 9.78 Å². The molecule has 0 aromatic carbocycles. The number of hydrogen-bond donors (Lipinski definition) is 1. The van der Waals surface area contributed by atoms with Crippen LogP contribution in [0.2, 0.25) is 0 Å². The predicted octanol–water partition coefficient (Wildman–Crippen LogP) is -0.0639. The zero-order valence-corrected chi connectivity index (χ0v) is 9.78. The van der Waals surface area contributed by atoms with Gasteiger partial charge in [0.1, 0.15) is 0 Å². The van der Waals surface area contributed by atoms with Crippen molar-refractivity contribution >= 4 is 11.9 Å². The van der Waals surface area contributed by atoms with E-state index in [9.17, 15) is 9.59 Å². The Morgan fingerprint density at radius 1 is 1.50 bits per heavy atom. The number of amides is 1. The zero-order valence-electron chi connectivity index (χ0n) is 9.78. The van der Waals surface area contributed by atoms with E-state index in [1.54, 1.807) is 24.4 Å². The van der Waals surface area contributed by atoms with E-state index < -0.39 is 12.0 Å². The lowest BCUT2D eigenvalue weighted by Crippen LogP contribution is -2.53. The van der Waals surface area contributed by atoms with Crippen molar-refractivity contribution in [2.24, 2.45) is 0 Å². The molecule has 18 heavy (non-hydrogen) atoms. The van der Waals surface area contributed by atoms with E-state index in [4.69, 9.17) is 9.84 Å². The molecule has 0 radical (unpaired) electrons. The third kappa shape index (κ3) is 2.84. The molecule has 6 heteroatoms. The first-order valence-electron chi connectivity index (χ1n) is 5.68. The van der Waals surface area contributed by atoms with Crippen molar-refractivity contribution in [3.8, 4) is 0 Å². The molecule has 2 heterocycles. The Bertz CT molecular complexity index is 435. The summed E-state index contributed by atoms with van der Waals surface area (Å²) in [5, 5.41) is 9.03. The summed E-state index contributed by atoms with van der Waals surface area (Å²) in [5.41, 5.74) is 0.637. The van der Waals surface area contributed by atoms with E-state index in [-0.39, 0.29) is 18.9 Å². The maximum Gasteiger partial charge on any atom is 0.328 e. The van der Waals surface area contributed by atoms with Gasteiger partial charge < -0.3 is 14.7 Å². The smallest absolute Gasteiger partial charge is 0.328 e. The second kappa shape index (κ2) is 5.59. The molecule has 1 atom stereocenters. The molecule has 1 fully saturated rings. The Labute approximate surface area is 104 Å². The quantitative estimate of drug-likeness (QED) is 0.812. The summed E-state index contributed by atoms with van der Waals surface area (Å²) in [6.45, 7) is 0.726. The van der Waals surface area contributed by atoms with Gasteiger partial charge in [-0.15, -0.1) is 0 Å². The van der Waals surface area contributed by atoms with Crippen molar-refractivity contribution in [3.63, 3.8) is 0 Å². The number of carbonyl (C=O) groups is 2. The van der Waals surface area contributed by atoms with E-state index in [1.165, 1.54) is 4.90 Å². The first kappa shape index (κ1) is 12.5. The molecule has 1 aromatic heterocycles. The molecular formula is C12H14N2O4. The molecule has 1 aliphatic heterocycles. The van der Waals surface area contributed by atoms with Crippen LogP contribution < -0.4 is 0 Å². The summed E-state index contributed by atoms with van der Waals surface area (Å²) in [6.07, 6.45) is 1.72. The lowest BCUT2D eigenvalue weighted by atomic mass is 10.2. The van der Waals surface area contributed by atoms with Crippen LogP contribution in [0.1, 0.15) is 5.69 Å². The van der Waals surface area contributed by atoms with Gasteiger partial charge in [0.15, 0.2) is 6.04 Å². The van der Waals surface area contributed by atoms with E-state index in [1.807, 2.05) is 0 Å². The highest BCUT2D eigenvalue weighted by atomic mass is 16.5. The Morgan fingerprint density at radius 3 is 3.00 bits per heavy atom. The van der Waals surface area contributed by atoms with Gasteiger partial charge in [0.25, 0.3) is 0 Å². The number of hydrogen-bond acceptors (Lipinski definition) is 4. The first-order valence-corrected chi connectivity index (χ1v) is 5.68. The Hall–Kier alpha value is -1.95. The molecule has 2 rings (SSSR count). The molecule has 1 unspecified atom stereocenters. The molecule has 6 nitrogen and oxygen atoms in total. The van der Waals surface area contributed by atoms with Crippen LogP contribution >= 0.6 is 0 Å². The maximum absolute atomic E-state index is 12.0. The standard InChI is InChI=1S/C12H14N2O4/c15-11(7-9-3-1-2-4-13-9)14-5-6-18-8-10(14)12(16)17/h1-4,10H,5-8H2,(H,16,17). The molecule has 96 valence electrons. The van der Waals surface area contributed by atoms with Crippen LogP contribution in [0.15, 0.2) is 24.4 Å². The number of nitrogens with zero attached hydrogens (tertiary/aromatic N) is 2. The van der Waals surface area contributed by atoms with Crippen molar-refractivity contribution in [2.45, 2.75) is 12.5 Å². The maximum atomic E-state index is 12.0. The Kier molecular flexibility index (Phi) is 3.88. The van der Waals surface area contributed by atoms with Gasteiger partial charge in [0, 0.05) is 18.4 Å². The van der Waals surface area contributed by atoms with Gasteiger partial charge in [-0.25, -0.2) is 4.79 Å². The van der Waals surface area contributed by atoms with Gasteiger partial charge in [0.2, 0.25) is 5.91 Å². The Morgan fingerprint density at radius 2 is 2.33 bits per heavy atom. The molecule has 1 N–H and O–H groups in total. The molecule has 0 saturated carbocycles. The van der Waals surface area contributed by atoms with Gasteiger partial charge in [-0.05, 0) is 12.1 Å². The molecule has 1 aliphatic rings. The monoisotopic (exact) mass is 250 g/mol. The van der Waals surface area contributed by atoms with Crippen LogP contribution in [-0.4, -0.2) is 52.7 Å². The summed E-state index contributed by atoms with van der Waals surface area (Å²) >= 11 is 0. The summed E-state index contributed by atoms with van der Waals surface area (Å²) < 4.78 is 5.08. The highest BCUT2D eigenvalue weighted by molar-refractivity contribution is 5.85. The summed E-state index contributed by atoms with van der Waals surface area (Å²) in [6, 6.07) is 4.41. The number of pyridine rings is 1. The van der Waals surface area contributed by atoms with Crippen LogP contribution in [0.25, 0.3) is 0 Å². The number of aliphatic carboxylic acids is 1. The summed E-state index contributed by atoms with van der Waals surface area (Å²) in [4.78, 5) is 28.5. The fourth-order valence-corrected chi connectivity index (χ4v) is 1.87. The number of rotatable bonds is 3. The number of carboxylic acids is 1. The van der Waals surface area contributed by atoms with Crippen LogP contribution in [0, 0.1) is 0 Å². The number of carboxylic acid groups (broad SMARTS) is 1. The van der Waals surface area contributed by atoms with Crippen molar-refractivity contribution in [3.05, 3.63) is 30.1 Å². The summed E-state index contributed by atoms with van der Waals surface area (Å²) in [5.74, 6) is -1.27. The number of aromatic nitrogens is 1. The molecular weight excluding hydrogens is 236 g/mol. The van der Waals surface area contributed by atoms with Crippen LogP contribution in [0.3, 0.4) is 0 Å². The average Bonchev–Trinajstić information content (AvgIpc) is 2.40. The van der Waals surface area contributed by atoms with Gasteiger partial charge in [-0.1, -0.05) is 6.07 Å². The van der Waals surface area contributed by atoms with Crippen molar-refractivity contribution in [1.29, 1.82) is 0 Å². The Balaban J connectivity index is 2.05. The van der Waals surface area contributed by atoms with Crippen molar-refractivity contribution in [1.82, 2.24) is 9.88 Å². The van der Waals surface area contributed by atoms with Gasteiger partial charge in [0.05, 0.1) is 19.6 Å². The van der Waals surface area contributed by atoms with Crippen molar-refractivity contribution < 1.29 is 19.4 Å². The lowest BCUT2D eigenvalue weighted by Gasteiger charge is -2.32. The third-order valence-corrected chi connectivity index (χ3v) is 2.79. The van der Waals surface area contributed by atoms with E-state index in [0.717, 1.165) is 0 Å². The van der Waals surface area contributed by atoms with Gasteiger partial charge >= 0.3 is 5.97 Å². The summed E-state index contributed by atoms with van der Waals surface area (Å²) in [7, 11) is 0. The van der Waals surface area contributed by atoms with E-state index in [2.05, 4.69) is 4.98 Å². The van der Waals surface area contributed by atoms with Crippen LogP contribution in [0.5, 0.6) is 0 Å². The molecule has 0 bridgehead atoms. The molecule has 1 amide bonds. The van der Waals surface area contributed by atoms with Crippen LogP contribution in [-0.2, 0) is 20.7 Å². The lowest BCUT2D eigenvalue weighted by molar-refractivity contribution is -0.158. The van der Waals surface area contributed by atoms with E-state index >= 15 is 0 Å². The minimum atomic E-state index is -1.04. The second-order valence-corrected chi connectivity index (χ2v) is 4.01.